The molecule has 0 aliphatic heterocycles. The molecule has 2 N–H and O–H groups in total. The Morgan fingerprint density at radius 2 is 2.00 bits per heavy atom. The van der Waals surface area contributed by atoms with Crippen LogP contribution in [0.15, 0.2) is 28.7 Å². The molecule has 0 aromatic carbocycles. The van der Waals surface area contributed by atoms with Crippen molar-refractivity contribution in [2.45, 2.75) is 24.2 Å². The van der Waals surface area contributed by atoms with Crippen molar-refractivity contribution in [2.75, 3.05) is 7.05 Å². The van der Waals surface area contributed by atoms with E-state index < -0.39 is 10.0 Å². The summed E-state index contributed by atoms with van der Waals surface area (Å²) in [5.41, 5.74) is 1.39. The van der Waals surface area contributed by atoms with Crippen LogP contribution in [0.5, 0.6) is 0 Å². The Labute approximate surface area is 122 Å². The van der Waals surface area contributed by atoms with E-state index in [9.17, 15) is 8.42 Å². The number of hydrogen-bond acceptors (Lipinski definition) is 6. The van der Waals surface area contributed by atoms with Gasteiger partial charge in [0.15, 0.2) is 0 Å². The molecule has 0 fully saturated rings. The summed E-state index contributed by atoms with van der Waals surface area (Å²) >= 11 is 1.25. The van der Waals surface area contributed by atoms with Crippen LogP contribution >= 0.6 is 11.3 Å². The van der Waals surface area contributed by atoms with E-state index in [-0.39, 0.29) is 6.54 Å². The molecule has 108 valence electrons. The second-order valence-electron chi connectivity index (χ2n) is 4.22. The van der Waals surface area contributed by atoms with Gasteiger partial charge in [0.2, 0.25) is 10.0 Å². The van der Waals surface area contributed by atoms with Crippen molar-refractivity contribution in [1.82, 2.24) is 20.0 Å². The number of hydrogen-bond donors (Lipinski definition) is 2. The lowest BCUT2D eigenvalue weighted by Crippen LogP contribution is -2.23. The van der Waals surface area contributed by atoms with Gasteiger partial charge < -0.3 is 5.32 Å². The van der Waals surface area contributed by atoms with Crippen molar-refractivity contribution in [2.24, 2.45) is 0 Å². The van der Waals surface area contributed by atoms with Gasteiger partial charge in [0, 0.05) is 17.6 Å². The normalized spacial score (nSPS) is 11.7. The molecule has 0 radical (unpaired) electrons. The van der Waals surface area contributed by atoms with E-state index in [0.717, 1.165) is 10.6 Å². The summed E-state index contributed by atoms with van der Waals surface area (Å²) in [6.45, 7) is 2.62. The number of nitrogens with zero attached hydrogens (tertiary/aromatic N) is 2. The van der Waals surface area contributed by atoms with E-state index in [4.69, 9.17) is 0 Å². The molecular weight excluding hydrogens is 296 g/mol. The van der Waals surface area contributed by atoms with Gasteiger partial charge >= 0.3 is 0 Å². The van der Waals surface area contributed by atoms with E-state index in [0.29, 0.717) is 16.4 Å². The number of nitrogens with one attached hydrogen (secondary N) is 2. The molecule has 0 bridgehead atoms. The van der Waals surface area contributed by atoms with Gasteiger partial charge in [0.1, 0.15) is 4.21 Å². The molecule has 0 unspecified atom stereocenters. The Morgan fingerprint density at radius 1 is 1.20 bits per heavy atom. The minimum absolute atomic E-state index is 0.134. The maximum Gasteiger partial charge on any atom is 0.250 e. The van der Waals surface area contributed by atoms with Crippen molar-refractivity contribution >= 4 is 21.4 Å². The molecule has 2 aromatic heterocycles. The summed E-state index contributed by atoms with van der Waals surface area (Å²) in [6.07, 6.45) is 3.18. The quantitative estimate of drug-likeness (QED) is 0.833. The second kappa shape index (κ2) is 6.40. The van der Waals surface area contributed by atoms with E-state index in [1.807, 2.05) is 14.0 Å². The number of thiophene rings is 1. The first kappa shape index (κ1) is 15.0. The maximum absolute atomic E-state index is 12.1. The molecule has 0 amide bonds. The summed E-state index contributed by atoms with van der Waals surface area (Å²) in [5.74, 6) is 0. The third kappa shape index (κ3) is 3.83. The predicted octanol–water partition coefficient (Wildman–Crippen LogP) is 1.04. The van der Waals surface area contributed by atoms with Crippen molar-refractivity contribution in [3.63, 3.8) is 0 Å². The average Bonchev–Trinajstić information content (AvgIpc) is 2.88. The molecular formula is C12H16N4O2S2. The second-order valence-corrected chi connectivity index (χ2v) is 7.39. The standard InChI is InChI=1S/C12H16N4O2S2/c1-9-5-15-10(6-14-9)7-16-20(17,18)12-4-3-11(19-12)8-13-2/h3-6,13,16H,7-8H2,1-2H3. The molecule has 0 saturated carbocycles. The molecule has 6 nitrogen and oxygen atoms in total. The van der Waals surface area contributed by atoms with Gasteiger partial charge in [-0.05, 0) is 26.1 Å². The van der Waals surface area contributed by atoms with Crippen LogP contribution in [0.25, 0.3) is 0 Å². The van der Waals surface area contributed by atoms with E-state index in [1.54, 1.807) is 24.5 Å². The first-order valence-electron chi connectivity index (χ1n) is 6.02. The Balaban J connectivity index is 2.04. The molecule has 8 heteroatoms. The van der Waals surface area contributed by atoms with Crippen molar-refractivity contribution < 1.29 is 8.42 Å². The molecule has 0 aliphatic carbocycles. The van der Waals surface area contributed by atoms with Gasteiger partial charge in [-0.25, -0.2) is 13.1 Å². The lowest BCUT2D eigenvalue weighted by Gasteiger charge is -2.04. The van der Waals surface area contributed by atoms with Gasteiger partial charge in [-0.2, -0.15) is 0 Å². The number of sulfonamides is 1. The molecule has 0 spiro atoms. The van der Waals surface area contributed by atoms with Crippen LogP contribution in [-0.2, 0) is 23.1 Å². The Hall–Kier alpha value is -1.35. The van der Waals surface area contributed by atoms with Gasteiger partial charge in [0.05, 0.1) is 24.1 Å². The zero-order valence-corrected chi connectivity index (χ0v) is 12.9. The van der Waals surface area contributed by atoms with Gasteiger partial charge in [-0.3, -0.25) is 9.97 Å². The average molecular weight is 312 g/mol. The highest BCUT2D eigenvalue weighted by molar-refractivity contribution is 7.91. The summed E-state index contributed by atoms with van der Waals surface area (Å²) in [5, 5.41) is 2.99. The molecule has 0 saturated heterocycles. The third-order valence-corrected chi connectivity index (χ3v) is 5.51. The number of rotatable bonds is 6. The largest absolute Gasteiger partial charge is 0.315 e. The summed E-state index contributed by atoms with van der Waals surface area (Å²) in [7, 11) is -1.67. The zero-order chi connectivity index (χ0) is 14.6. The van der Waals surface area contributed by atoms with E-state index >= 15 is 0 Å². The first-order chi connectivity index (χ1) is 9.51. The Morgan fingerprint density at radius 3 is 2.65 bits per heavy atom. The fourth-order valence-electron chi connectivity index (χ4n) is 1.52. The van der Waals surface area contributed by atoms with Crippen LogP contribution in [0.2, 0.25) is 0 Å². The highest BCUT2D eigenvalue weighted by Crippen LogP contribution is 2.21. The minimum atomic E-state index is -3.49. The molecule has 20 heavy (non-hydrogen) atoms. The lowest BCUT2D eigenvalue weighted by molar-refractivity contribution is 0.582. The van der Waals surface area contributed by atoms with Gasteiger partial charge in [-0.1, -0.05) is 0 Å². The van der Waals surface area contributed by atoms with Crippen LogP contribution in [-0.4, -0.2) is 25.4 Å². The third-order valence-electron chi connectivity index (χ3n) is 2.53. The summed E-state index contributed by atoms with van der Waals surface area (Å²) in [6, 6.07) is 3.42. The highest BCUT2D eigenvalue weighted by Gasteiger charge is 2.16. The summed E-state index contributed by atoms with van der Waals surface area (Å²) in [4.78, 5) is 9.17. The molecule has 2 rings (SSSR count). The monoisotopic (exact) mass is 312 g/mol. The van der Waals surface area contributed by atoms with Crippen LogP contribution in [0.4, 0.5) is 0 Å². The predicted molar refractivity (Wildman–Crippen MR) is 77.9 cm³/mol. The maximum atomic E-state index is 12.1. The van der Waals surface area contributed by atoms with Crippen LogP contribution in [0.3, 0.4) is 0 Å². The zero-order valence-electron chi connectivity index (χ0n) is 11.3. The Bertz CT molecular complexity index is 665. The molecule has 0 aliphatic rings. The topological polar surface area (TPSA) is 84.0 Å². The van der Waals surface area contributed by atoms with Crippen LogP contribution in [0.1, 0.15) is 16.3 Å². The number of aryl methyl sites for hydroxylation is 1. The SMILES string of the molecule is CNCc1ccc(S(=O)(=O)NCc2cnc(C)cn2)s1. The highest BCUT2D eigenvalue weighted by atomic mass is 32.2. The molecule has 0 atom stereocenters. The lowest BCUT2D eigenvalue weighted by atomic mass is 10.4. The van der Waals surface area contributed by atoms with E-state index in [1.165, 1.54) is 11.3 Å². The van der Waals surface area contributed by atoms with Gasteiger partial charge in [0.25, 0.3) is 0 Å². The van der Waals surface area contributed by atoms with Crippen molar-refractivity contribution in [3.8, 4) is 0 Å². The molecule has 2 aromatic rings. The van der Waals surface area contributed by atoms with Crippen molar-refractivity contribution in [3.05, 3.63) is 40.8 Å². The van der Waals surface area contributed by atoms with Gasteiger partial charge in [-0.15, -0.1) is 11.3 Å². The smallest absolute Gasteiger partial charge is 0.250 e. The fourth-order valence-corrected chi connectivity index (χ4v) is 3.93. The Kier molecular flexibility index (Phi) is 4.81. The first-order valence-corrected chi connectivity index (χ1v) is 8.32. The van der Waals surface area contributed by atoms with Crippen molar-refractivity contribution in [1.29, 1.82) is 0 Å². The van der Waals surface area contributed by atoms with Crippen LogP contribution in [0, 0.1) is 6.92 Å². The minimum Gasteiger partial charge on any atom is -0.315 e. The summed E-state index contributed by atoms with van der Waals surface area (Å²) < 4.78 is 27.1. The van der Waals surface area contributed by atoms with E-state index in [2.05, 4.69) is 20.0 Å². The van der Waals surface area contributed by atoms with Crippen LogP contribution < -0.4 is 10.0 Å². The number of aromatic nitrogens is 2. The molecule has 2 heterocycles. The fraction of sp³-hybridized carbons (Fsp3) is 0.333.